The third kappa shape index (κ3) is 3.43. The van der Waals surface area contributed by atoms with Crippen molar-refractivity contribution >= 4 is 45.8 Å². The number of carbonyl (C=O) groups excluding carboxylic acids is 1. The van der Waals surface area contributed by atoms with Gasteiger partial charge in [-0.3, -0.25) is 14.5 Å². The standard InChI is InChI=1S/C25H17Cl2NO5/c1-31-19-8-6-13(10-20(19)32-2)22-21-23(29)17-12-15(27)7-9-18(17)33-24(21)25(30)28(22)16-5-3-4-14(26)11-16/h3-12,22H,1-2H3. The number of amides is 1. The Morgan fingerprint density at radius 2 is 1.64 bits per heavy atom. The fraction of sp³-hybridized carbons (Fsp3) is 0.120. The van der Waals surface area contributed by atoms with Crippen LogP contribution >= 0.6 is 23.2 Å². The molecule has 5 rings (SSSR count). The topological polar surface area (TPSA) is 69.0 Å². The highest BCUT2D eigenvalue weighted by molar-refractivity contribution is 6.31. The van der Waals surface area contributed by atoms with Crippen LogP contribution in [0.25, 0.3) is 11.0 Å². The molecule has 0 saturated carbocycles. The minimum atomic E-state index is -0.773. The van der Waals surface area contributed by atoms with Crippen molar-refractivity contribution in [2.75, 3.05) is 19.1 Å². The Balaban J connectivity index is 1.82. The average Bonchev–Trinajstić information content (AvgIpc) is 3.11. The van der Waals surface area contributed by atoms with Gasteiger partial charge >= 0.3 is 0 Å². The van der Waals surface area contributed by atoms with Gasteiger partial charge in [-0.25, -0.2) is 0 Å². The number of rotatable bonds is 4. The first-order valence-corrected chi connectivity index (χ1v) is 10.8. The Hall–Kier alpha value is -3.48. The van der Waals surface area contributed by atoms with E-state index in [-0.39, 0.29) is 22.3 Å². The largest absolute Gasteiger partial charge is 0.493 e. The van der Waals surface area contributed by atoms with Crippen LogP contribution in [-0.4, -0.2) is 20.1 Å². The first-order valence-electron chi connectivity index (χ1n) is 10.00. The van der Waals surface area contributed by atoms with E-state index in [1.807, 2.05) is 0 Å². The summed E-state index contributed by atoms with van der Waals surface area (Å²) >= 11 is 12.4. The van der Waals surface area contributed by atoms with Crippen LogP contribution in [0.2, 0.25) is 10.0 Å². The number of hydrogen-bond donors (Lipinski definition) is 0. The van der Waals surface area contributed by atoms with Crippen molar-refractivity contribution in [1.29, 1.82) is 0 Å². The maximum atomic E-state index is 13.6. The summed E-state index contributed by atoms with van der Waals surface area (Å²) < 4.78 is 16.8. The molecule has 33 heavy (non-hydrogen) atoms. The second-order valence-electron chi connectivity index (χ2n) is 7.49. The Kier molecular flexibility index (Phi) is 5.27. The van der Waals surface area contributed by atoms with Crippen molar-refractivity contribution in [2.45, 2.75) is 6.04 Å². The van der Waals surface area contributed by atoms with E-state index in [0.29, 0.717) is 38.2 Å². The summed E-state index contributed by atoms with van der Waals surface area (Å²) in [6.45, 7) is 0. The molecule has 3 aromatic carbocycles. The normalized spacial score (nSPS) is 15.1. The predicted octanol–water partition coefficient (Wildman–Crippen LogP) is 5.87. The Labute approximate surface area is 198 Å². The monoisotopic (exact) mass is 481 g/mol. The van der Waals surface area contributed by atoms with E-state index in [0.717, 1.165) is 0 Å². The quantitative estimate of drug-likeness (QED) is 0.364. The lowest BCUT2D eigenvalue weighted by molar-refractivity contribution is 0.0971. The van der Waals surface area contributed by atoms with Crippen molar-refractivity contribution in [3.63, 3.8) is 0 Å². The molecule has 0 fully saturated rings. The van der Waals surface area contributed by atoms with Crippen molar-refractivity contribution < 1.29 is 18.7 Å². The van der Waals surface area contributed by atoms with E-state index in [4.69, 9.17) is 37.1 Å². The van der Waals surface area contributed by atoms with Gasteiger partial charge in [-0.1, -0.05) is 35.3 Å². The molecule has 4 aromatic rings. The summed E-state index contributed by atoms with van der Waals surface area (Å²) in [6.07, 6.45) is 0. The van der Waals surface area contributed by atoms with E-state index in [1.54, 1.807) is 60.7 Å². The summed E-state index contributed by atoms with van der Waals surface area (Å²) in [5, 5.41) is 1.15. The molecule has 0 radical (unpaired) electrons. The van der Waals surface area contributed by atoms with E-state index < -0.39 is 11.9 Å². The van der Waals surface area contributed by atoms with Crippen molar-refractivity contribution in [3.8, 4) is 11.5 Å². The lowest BCUT2D eigenvalue weighted by atomic mass is 9.97. The number of methoxy groups -OCH3 is 2. The van der Waals surface area contributed by atoms with Crippen LogP contribution in [0.3, 0.4) is 0 Å². The minimum Gasteiger partial charge on any atom is -0.493 e. The van der Waals surface area contributed by atoms with Crippen LogP contribution in [-0.2, 0) is 0 Å². The van der Waals surface area contributed by atoms with Gasteiger partial charge in [0.05, 0.1) is 31.2 Å². The fourth-order valence-corrected chi connectivity index (χ4v) is 4.53. The second-order valence-corrected chi connectivity index (χ2v) is 8.36. The molecule has 0 saturated heterocycles. The highest BCUT2D eigenvalue weighted by atomic mass is 35.5. The van der Waals surface area contributed by atoms with Gasteiger partial charge in [-0.05, 0) is 54.1 Å². The fourth-order valence-electron chi connectivity index (χ4n) is 4.18. The number of ether oxygens (including phenoxy) is 2. The molecular formula is C25H17Cl2NO5. The minimum absolute atomic E-state index is 0.0189. The number of anilines is 1. The van der Waals surface area contributed by atoms with E-state index in [1.165, 1.54) is 19.1 Å². The third-order valence-electron chi connectivity index (χ3n) is 5.64. The number of benzene rings is 3. The summed E-state index contributed by atoms with van der Waals surface area (Å²) in [7, 11) is 3.06. The SMILES string of the molecule is COc1ccc(C2c3c(oc4ccc(Cl)cc4c3=O)C(=O)N2c2cccc(Cl)c2)cc1OC. The maximum absolute atomic E-state index is 13.6. The lowest BCUT2D eigenvalue weighted by Crippen LogP contribution is -2.29. The molecule has 0 spiro atoms. The first kappa shape index (κ1) is 21.4. The summed E-state index contributed by atoms with van der Waals surface area (Å²) in [5.41, 5.74) is 1.36. The number of hydrogen-bond acceptors (Lipinski definition) is 5. The molecular weight excluding hydrogens is 465 g/mol. The number of halogens is 2. The van der Waals surface area contributed by atoms with Crippen LogP contribution in [0, 0.1) is 0 Å². The summed E-state index contributed by atoms with van der Waals surface area (Å²) in [5.74, 6) is 0.531. The highest BCUT2D eigenvalue weighted by Gasteiger charge is 2.44. The van der Waals surface area contributed by atoms with Gasteiger partial charge in [-0.2, -0.15) is 0 Å². The molecule has 0 bridgehead atoms. The molecule has 0 aliphatic carbocycles. The van der Waals surface area contributed by atoms with E-state index >= 15 is 0 Å². The Bertz CT molecular complexity index is 1480. The molecule has 1 atom stereocenters. The van der Waals surface area contributed by atoms with Gasteiger partial charge in [-0.15, -0.1) is 0 Å². The molecule has 1 aliphatic heterocycles. The van der Waals surface area contributed by atoms with E-state index in [9.17, 15) is 9.59 Å². The van der Waals surface area contributed by atoms with Crippen molar-refractivity contribution in [2.24, 2.45) is 0 Å². The molecule has 1 amide bonds. The Morgan fingerprint density at radius 1 is 0.879 bits per heavy atom. The van der Waals surface area contributed by atoms with Gasteiger partial charge in [0.2, 0.25) is 5.76 Å². The summed E-state index contributed by atoms with van der Waals surface area (Å²) in [4.78, 5) is 28.7. The molecule has 1 unspecified atom stereocenters. The molecule has 0 N–H and O–H groups in total. The molecule has 6 nitrogen and oxygen atoms in total. The van der Waals surface area contributed by atoms with Crippen molar-refractivity contribution in [1.82, 2.24) is 0 Å². The van der Waals surface area contributed by atoms with Gasteiger partial charge in [0.25, 0.3) is 5.91 Å². The highest BCUT2D eigenvalue weighted by Crippen LogP contribution is 2.43. The molecule has 1 aliphatic rings. The van der Waals surface area contributed by atoms with Crippen LogP contribution in [0.4, 0.5) is 5.69 Å². The average molecular weight is 482 g/mol. The molecule has 8 heteroatoms. The van der Waals surface area contributed by atoms with Crippen LogP contribution in [0.1, 0.15) is 27.7 Å². The number of fused-ring (bicyclic) bond motifs is 2. The third-order valence-corrected chi connectivity index (χ3v) is 6.11. The smallest absolute Gasteiger partial charge is 0.295 e. The Morgan fingerprint density at radius 3 is 2.36 bits per heavy atom. The summed E-state index contributed by atoms with van der Waals surface area (Å²) in [6, 6.07) is 16.1. The lowest BCUT2D eigenvalue weighted by Gasteiger charge is -2.26. The zero-order valence-corrected chi connectivity index (χ0v) is 19.1. The van der Waals surface area contributed by atoms with Gasteiger partial charge in [0.1, 0.15) is 5.58 Å². The zero-order chi connectivity index (χ0) is 23.3. The zero-order valence-electron chi connectivity index (χ0n) is 17.6. The van der Waals surface area contributed by atoms with Crippen molar-refractivity contribution in [3.05, 3.63) is 97.8 Å². The van der Waals surface area contributed by atoms with Crippen LogP contribution < -0.4 is 19.8 Å². The van der Waals surface area contributed by atoms with Crippen LogP contribution in [0.15, 0.2) is 69.9 Å². The predicted molar refractivity (Wildman–Crippen MR) is 127 cm³/mol. The van der Waals surface area contributed by atoms with E-state index in [2.05, 4.69) is 0 Å². The number of nitrogens with zero attached hydrogens (tertiary/aromatic N) is 1. The number of carbonyl (C=O) groups is 1. The maximum Gasteiger partial charge on any atom is 0.295 e. The molecule has 166 valence electrons. The van der Waals surface area contributed by atoms with Gasteiger partial charge < -0.3 is 13.9 Å². The first-order chi connectivity index (χ1) is 15.9. The van der Waals surface area contributed by atoms with Crippen LogP contribution in [0.5, 0.6) is 11.5 Å². The molecule has 1 aromatic heterocycles. The van der Waals surface area contributed by atoms with Gasteiger partial charge in [0, 0.05) is 15.7 Å². The second kappa shape index (κ2) is 8.14. The molecule has 2 heterocycles. The van der Waals surface area contributed by atoms with Gasteiger partial charge in [0.15, 0.2) is 16.9 Å².